The highest BCUT2D eigenvalue weighted by Gasteiger charge is 2.35. The molecule has 0 radical (unpaired) electrons. The summed E-state index contributed by atoms with van der Waals surface area (Å²) in [6.45, 7) is 0. The van der Waals surface area contributed by atoms with E-state index in [1.807, 2.05) is 0 Å². The van der Waals surface area contributed by atoms with E-state index in [1.54, 1.807) is 0 Å². The average molecular weight is 494 g/mol. The zero-order valence-corrected chi connectivity index (χ0v) is 17.4. The summed E-state index contributed by atoms with van der Waals surface area (Å²) in [5.41, 5.74) is -3.92. The summed E-state index contributed by atoms with van der Waals surface area (Å²) < 4.78 is 117. The molecule has 0 unspecified atom stereocenters. The van der Waals surface area contributed by atoms with E-state index in [0.29, 0.717) is 24.5 Å². The van der Waals surface area contributed by atoms with Crippen LogP contribution in [0, 0.1) is 17.5 Å². The lowest BCUT2D eigenvalue weighted by Crippen LogP contribution is -2.16. The van der Waals surface area contributed by atoms with Crippen LogP contribution >= 0.6 is 0 Å². The quantitative estimate of drug-likeness (QED) is 0.394. The highest BCUT2D eigenvalue weighted by atomic mass is 32.2. The number of aromatic nitrogens is 2. The molecule has 3 rings (SSSR count). The van der Waals surface area contributed by atoms with Crippen LogP contribution in [0.1, 0.15) is 16.1 Å². The van der Waals surface area contributed by atoms with Gasteiger partial charge in [0.1, 0.15) is 39.3 Å². The summed E-state index contributed by atoms with van der Waals surface area (Å²) in [5.74, 6) is -6.19. The van der Waals surface area contributed by atoms with Crippen molar-refractivity contribution in [2.24, 2.45) is 0 Å². The van der Waals surface area contributed by atoms with Gasteiger partial charge in [0.25, 0.3) is 10.0 Å². The number of benzene rings is 1. The molecule has 0 bridgehead atoms. The number of carbonyl (C=O) groups is 1. The van der Waals surface area contributed by atoms with Crippen LogP contribution in [0.25, 0.3) is 11.3 Å². The Labute approximate surface area is 182 Å². The zero-order chi connectivity index (χ0) is 24.7. The maximum absolute atomic E-state index is 14.6. The SMILES string of the molecule is COC(=O)c1cn(S(=O)(=O)c2ccc(C(F)(F)F)nc2)c(-c2c(F)cc(F)cc2F)c1OC. The van der Waals surface area contributed by atoms with Gasteiger partial charge in [-0.1, -0.05) is 0 Å². The van der Waals surface area contributed by atoms with Crippen LogP contribution in [0.3, 0.4) is 0 Å². The second-order valence-corrected chi connectivity index (χ2v) is 8.15. The van der Waals surface area contributed by atoms with Gasteiger partial charge in [0, 0.05) is 24.5 Å². The number of rotatable bonds is 5. The molecular weight excluding hydrogens is 482 g/mol. The number of halogens is 6. The lowest BCUT2D eigenvalue weighted by molar-refractivity contribution is -0.141. The molecule has 14 heteroatoms. The van der Waals surface area contributed by atoms with Crippen molar-refractivity contribution in [2.45, 2.75) is 11.1 Å². The molecule has 0 N–H and O–H groups in total. The molecule has 0 saturated carbocycles. The second kappa shape index (κ2) is 8.42. The third-order valence-corrected chi connectivity index (χ3v) is 6.01. The first-order chi connectivity index (χ1) is 15.3. The van der Waals surface area contributed by atoms with Crippen LogP contribution in [0.4, 0.5) is 26.3 Å². The molecule has 0 fully saturated rings. The minimum atomic E-state index is -4.91. The third kappa shape index (κ3) is 4.25. The van der Waals surface area contributed by atoms with E-state index < -0.39 is 72.8 Å². The van der Waals surface area contributed by atoms with Crippen molar-refractivity contribution in [3.63, 3.8) is 0 Å². The third-order valence-electron chi connectivity index (χ3n) is 4.36. The minimum Gasteiger partial charge on any atom is -0.494 e. The molecule has 3 aromatic rings. The Kier molecular flexibility index (Phi) is 6.15. The van der Waals surface area contributed by atoms with Gasteiger partial charge in [0.15, 0.2) is 5.75 Å². The lowest BCUT2D eigenvalue weighted by atomic mass is 10.1. The molecular formula is C19H12F6N2O5S. The zero-order valence-electron chi connectivity index (χ0n) is 16.6. The highest BCUT2D eigenvalue weighted by Crippen LogP contribution is 2.40. The smallest absolute Gasteiger partial charge is 0.433 e. The maximum atomic E-state index is 14.6. The van der Waals surface area contributed by atoms with Crippen molar-refractivity contribution in [1.82, 2.24) is 8.96 Å². The van der Waals surface area contributed by atoms with Gasteiger partial charge in [-0.3, -0.25) is 4.98 Å². The van der Waals surface area contributed by atoms with Crippen molar-refractivity contribution in [1.29, 1.82) is 0 Å². The highest BCUT2D eigenvalue weighted by molar-refractivity contribution is 7.90. The van der Waals surface area contributed by atoms with Crippen molar-refractivity contribution in [2.75, 3.05) is 14.2 Å². The van der Waals surface area contributed by atoms with Gasteiger partial charge in [0.05, 0.1) is 19.8 Å². The molecule has 1 aromatic carbocycles. The topological polar surface area (TPSA) is 87.5 Å². The summed E-state index contributed by atoms with van der Waals surface area (Å²) in [6.07, 6.45) is -3.87. The van der Waals surface area contributed by atoms with Gasteiger partial charge in [-0.15, -0.1) is 0 Å². The van der Waals surface area contributed by atoms with Crippen molar-refractivity contribution in [3.05, 3.63) is 65.4 Å². The van der Waals surface area contributed by atoms with Gasteiger partial charge in [0.2, 0.25) is 0 Å². The van der Waals surface area contributed by atoms with Crippen molar-refractivity contribution in [3.8, 4) is 17.0 Å². The Morgan fingerprint density at radius 3 is 2.12 bits per heavy atom. The van der Waals surface area contributed by atoms with E-state index in [1.165, 1.54) is 0 Å². The molecule has 0 aliphatic carbocycles. The number of carbonyl (C=O) groups excluding carboxylic acids is 1. The predicted octanol–water partition coefficient (Wildman–Crippen LogP) is 4.02. The largest absolute Gasteiger partial charge is 0.494 e. The number of hydrogen-bond acceptors (Lipinski definition) is 6. The van der Waals surface area contributed by atoms with Gasteiger partial charge in [-0.05, 0) is 12.1 Å². The summed E-state index contributed by atoms with van der Waals surface area (Å²) in [7, 11) is -3.01. The Hall–Kier alpha value is -3.55. The first kappa shape index (κ1) is 24.1. The first-order valence-corrected chi connectivity index (χ1v) is 10.1. The van der Waals surface area contributed by atoms with E-state index in [4.69, 9.17) is 4.74 Å². The summed E-state index contributed by atoms with van der Waals surface area (Å²) >= 11 is 0. The molecule has 0 aliphatic heterocycles. The molecule has 0 spiro atoms. The van der Waals surface area contributed by atoms with E-state index >= 15 is 0 Å². The first-order valence-electron chi connectivity index (χ1n) is 8.64. The molecule has 0 saturated heterocycles. The van der Waals surface area contributed by atoms with E-state index in [-0.39, 0.29) is 16.1 Å². The Bertz CT molecular complexity index is 1310. The standard InChI is InChI=1S/C19H12F6N2O5S/c1-31-17-11(18(28)32-2)8-27(16(17)15-12(21)5-9(20)6-13(15)22)33(29,30)10-3-4-14(26-7-10)19(23,24)25/h3-8H,1-2H3. The summed E-state index contributed by atoms with van der Waals surface area (Å²) in [5, 5.41) is 0. The molecule has 7 nitrogen and oxygen atoms in total. The van der Waals surface area contributed by atoms with Crippen LogP contribution in [0.5, 0.6) is 5.75 Å². The van der Waals surface area contributed by atoms with Crippen molar-refractivity contribution < 1.29 is 49.0 Å². The Morgan fingerprint density at radius 1 is 1.06 bits per heavy atom. The minimum absolute atomic E-state index is 0.210. The summed E-state index contributed by atoms with van der Waals surface area (Å²) in [4.78, 5) is 14.4. The number of pyridine rings is 1. The number of ether oxygens (including phenoxy) is 2. The molecule has 2 aromatic heterocycles. The van der Waals surface area contributed by atoms with Crippen molar-refractivity contribution >= 4 is 16.0 Å². The maximum Gasteiger partial charge on any atom is 0.433 e. The fourth-order valence-corrected chi connectivity index (χ4v) is 4.24. The molecule has 176 valence electrons. The molecule has 0 amide bonds. The van der Waals surface area contributed by atoms with Gasteiger partial charge in [-0.2, -0.15) is 13.2 Å². The van der Waals surface area contributed by atoms with Crippen LogP contribution < -0.4 is 4.74 Å². The average Bonchev–Trinajstić information content (AvgIpc) is 3.12. The van der Waals surface area contributed by atoms with E-state index in [0.717, 1.165) is 14.2 Å². The number of esters is 1. The molecule has 2 heterocycles. The summed E-state index contributed by atoms with van der Waals surface area (Å²) in [6, 6.07) is 1.47. The Balaban J connectivity index is 2.36. The fraction of sp³-hybridized carbons (Fsp3) is 0.158. The number of nitrogens with zero attached hydrogens (tertiary/aromatic N) is 2. The van der Waals surface area contributed by atoms with Gasteiger partial charge in [-0.25, -0.2) is 30.4 Å². The molecule has 33 heavy (non-hydrogen) atoms. The van der Waals surface area contributed by atoms with Gasteiger partial charge < -0.3 is 9.47 Å². The predicted molar refractivity (Wildman–Crippen MR) is 99.5 cm³/mol. The number of hydrogen-bond donors (Lipinski definition) is 0. The monoisotopic (exact) mass is 494 g/mol. The number of methoxy groups -OCH3 is 2. The van der Waals surface area contributed by atoms with Crippen LogP contribution in [0.2, 0.25) is 0 Å². The van der Waals surface area contributed by atoms with Crippen LogP contribution in [0.15, 0.2) is 41.6 Å². The van der Waals surface area contributed by atoms with Crippen LogP contribution in [-0.4, -0.2) is 37.6 Å². The van der Waals surface area contributed by atoms with Crippen LogP contribution in [-0.2, 0) is 20.9 Å². The Morgan fingerprint density at radius 2 is 1.67 bits per heavy atom. The molecule has 0 atom stereocenters. The second-order valence-electron chi connectivity index (χ2n) is 6.34. The van der Waals surface area contributed by atoms with Gasteiger partial charge >= 0.3 is 12.1 Å². The van der Waals surface area contributed by atoms with E-state index in [9.17, 15) is 39.6 Å². The lowest BCUT2D eigenvalue weighted by Gasteiger charge is -2.14. The fourth-order valence-electron chi connectivity index (χ4n) is 2.93. The number of alkyl halides is 3. The molecule has 0 aliphatic rings. The van der Waals surface area contributed by atoms with E-state index in [2.05, 4.69) is 9.72 Å². The normalized spacial score (nSPS) is 12.0.